The summed E-state index contributed by atoms with van der Waals surface area (Å²) >= 11 is 5.81. The molecule has 2 rings (SSSR count). The van der Waals surface area contributed by atoms with Crippen molar-refractivity contribution in [1.82, 2.24) is 0 Å². The van der Waals surface area contributed by atoms with Gasteiger partial charge in [0.1, 0.15) is 0 Å². The Labute approximate surface area is 80.6 Å². The van der Waals surface area contributed by atoms with Crippen molar-refractivity contribution in [2.24, 2.45) is 10.9 Å². The van der Waals surface area contributed by atoms with Crippen LogP contribution in [0.1, 0.15) is 6.92 Å². The first-order valence-corrected chi connectivity index (χ1v) is 4.44. The summed E-state index contributed by atoms with van der Waals surface area (Å²) in [6.07, 6.45) is 1.89. The number of benzene rings is 1. The molecule has 0 fully saturated rings. The molecule has 1 atom stereocenters. The monoisotopic (exact) mass is 193 g/mol. The molecule has 1 aromatic carbocycles. The number of amides is 1. The van der Waals surface area contributed by atoms with Crippen LogP contribution in [-0.4, -0.2) is 5.91 Å². The van der Waals surface area contributed by atoms with Gasteiger partial charge in [0.05, 0.1) is 11.3 Å². The summed E-state index contributed by atoms with van der Waals surface area (Å²) in [5.74, 6) is -0.221. The van der Waals surface area contributed by atoms with E-state index in [0.29, 0.717) is 10.4 Å². The Morgan fingerprint density at radius 1 is 1.46 bits per heavy atom. The number of carbonyl (C=O) groups is 1. The highest BCUT2D eigenvalue weighted by Crippen LogP contribution is 2.04. The van der Waals surface area contributed by atoms with E-state index in [1.165, 1.54) is 0 Å². The number of nitrogens with zero attached hydrogens (tertiary/aromatic N) is 1. The second-order valence-corrected chi connectivity index (χ2v) is 3.54. The lowest BCUT2D eigenvalue weighted by Crippen LogP contribution is -2.32. The second-order valence-electron chi connectivity index (χ2n) is 3.11. The van der Waals surface area contributed by atoms with Gasteiger partial charge in [0.2, 0.25) is 0 Å². The molecule has 66 valence electrons. The van der Waals surface area contributed by atoms with Crippen molar-refractivity contribution < 1.29 is 4.79 Å². The van der Waals surface area contributed by atoms with Crippen LogP contribution >= 0.6 is 11.6 Å². The average Bonchev–Trinajstić information content (AvgIpc) is 2.08. The van der Waals surface area contributed by atoms with Gasteiger partial charge in [0.25, 0.3) is 5.91 Å². The SMILES string of the molecule is CC1C=c2cc(Cl)ccc2=NC1=O. The number of carbonyl (C=O) groups excluding carboxylic acids is 1. The summed E-state index contributed by atoms with van der Waals surface area (Å²) in [6, 6.07) is 5.32. The van der Waals surface area contributed by atoms with Gasteiger partial charge >= 0.3 is 0 Å². The molecule has 1 heterocycles. The Bertz CT molecular complexity index is 478. The van der Waals surface area contributed by atoms with E-state index in [-0.39, 0.29) is 11.8 Å². The van der Waals surface area contributed by atoms with E-state index < -0.39 is 0 Å². The number of rotatable bonds is 0. The van der Waals surface area contributed by atoms with Crippen molar-refractivity contribution in [3.8, 4) is 0 Å². The fourth-order valence-electron chi connectivity index (χ4n) is 1.32. The van der Waals surface area contributed by atoms with Gasteiger partial charge in [-0.05, 0) is 30.3 Å². The van der Waals surface area contributed by atoms with Crippen molar-refractivity contribution in [3.05, 3.63) is 33.8 Å². The molecule has 0 bridgehead atoms. The van der Waals surface area contributed by atoms with Gasteiger partial charge in [-0.3, -0.25) is 4.79 Å². The molecule has 1 unspecified atom stereocenters. The van der Waals surface area contributed by atoms with Gasteiger partial charge in [-0.1, -0.05) is 17.7 Å². The summed E-state index contributed by atoms with van der Waals surface area (Å²) in [6.45, 7) is 1.83. The minimum atomic E-state index is -0.133. The molecule has 0 aromatic heterocycles. The van der Waals surface area contributed by atoms with Crippen LogP contribution in [0, 0.1) is 5.92 Å². The smallest absolute Gasteiger partial charge is 0.252 e. The molecule has 1 amide bonds. The fraction of sp³-hybridized carbons (Fsp3) is 0.200. The molecular formula is C10H8ClNO. The van der Waals surface area contributed by atoms with Crippen LogP contribution in [-0.2, 0) is 4.79 Å². The number of hydrogen-bond acceptors (Lipinski definition) is 1. The summed E-state index contributed by atoms with van der Waals surface area (Å²) in [7, 11) is 0. The lowest BCUT2D eigenvalue weighted by molar-refractivity contribution is -0.119. The standard InChI is InChI=1S/C10H8ClNO/c1-6-4-7-5-8(11)2-3-9(7)12-10(6)13/h2-6H,1H3. The van der Waals surface area contributed by atoms with Gasteiger partial charge in [0.15, 0.2) is 0 Å². The Balaban J connectivity index is 2.77. The molecule has 0 saturated heterocycles. The van der Waals surface area contributed by atoms with E-state index in [1.54, 1.807) is 12.1 Å². The number of halogens is 1. The van der Waals surface area contributed by atoms with Crippen LogP contribution in [0.4, 0.5) is 0 Å². The lowest BCUT2D eigenvalue weighted by Gasteiger charge is -2.05. The van der Waals surface area contributed by atoms with E-state index >= 15 is 0 Å². The maximum absolute atomic E-state index is 11.2. The van der Waals surface area contributed by atoms with Gasteiger partial charge in [-0.2, -0.15) is 0 Å². The van der Waals surface area contributed by atoms with Crippen LogP contribution in [0.15, 0.2) is 23.2 Å². The molecule has 1 aromatic rings. The van der Waals surface area contributed by atoms with Crippen LogP contribution < -0.4 is 10.6 Å². The maximum Gasteiger partial charge on any atom is 0.252 e. The second kappa shape index (κ2) is 2.96. The first-order valence-electron chi connectivity index (χ1n) is 4.07. The van der Waals surface area contributed by atoms with Gasteiger partial charge < -0.3 is 0 Å². The predicted octanol–water partition coefficient (Wildman–Crippen LogP) is 0.916. The van der Waals surface area contributed by atoms with Crippen molar-refractivity contribution in [3.63, 3.8) is 0 Å². The van der Waals surface area contributed by atoms with E-state index in [1.807, 2.05) is 19.1 Å². The van der Waals surface area contributed by atoms with Crippen molar-refractivity contribution in [2.45, 2.75) is 6.92 Å². The zero-order valence-corrected chi connectivity index (χ0v) is 7.88. The highest BCUT2D eigenvalue weighted by atomic mass is 35.5. The number of fused-ring (bicyclic) bond motifs is 1. The fourth-order valence-corrected chi connectivity index (χ4v) is 1.50. The molecule has 1 aliphatic rings. The molecule has 2 nitrogen and oxygen atoms in total. The quantitative estimate of drug-likeness (QED) is 0.603. The number of hydrogen-bond donors (Lipinski definition) is 0. The average molecular weight is 194 g/mol. The first-order chi connectivity index (χ1) is 6.16. The summed E-state index contributed by atoms with van der Waals surface area (Å²) < 4.78 is 0. The van der Waals surface area contributed by atoms with Crippen molar-refractivity contribution in [2.75, 3.05) is 0 Å². The van der Waals surface area contributed by atoms with Crippen LogP contribution in [0.3, 0.4) is 0 Å². The Morgan fingerprint density at radius 3 is 3.00 bits per heavy atom. The molecular weight excluding hydrogens is 186 g/mol. The normalized spacial score (nSPS) is 20.2. The largest absolute Gasteiger partial charge is 0.272 e. The molecule has 0 N–H and O–H groups in total. The predicted molar refractivity (Wildman–Crippen MR) is 50.9 cm³/mol. The topological polar surface area (TPSA) is 29.4 Å². The highest BCUT2D eigenvalue weighted by molar-refractivity contribution is 6.30. The third-order valence-electron chi connectivity index (χ3n) is 2.04. The maximum atomic E-state index is 11.2. The van der Waals surface area contributed by atoms with Crippen LogP contribution in [0.25, 0.3) is 6.08 Å². The molecule has 0 aliphatic carbocycles. The summed E-state index contributed by atoms with van der Waals surface area (Å²) in [4.78, 5) is 15.1. The van der Waals surface area contributed by atoms with Gasteiger partial charge in [-0.25, -0.2) is 4.99 Å². The van der Waals surface area contributed by atoms with Gasteiger partial charge in [-0.15, -0.1) is 0 Å². The van der Waals surface area contributed by atoms with E-state index in [0.717, 1.165) is 5.22 Å². The molecule has 13 heavy (non-hydrogen) atoms. The molecule has 3 heteroatoms. The third-order valence-corrected chi connectivity index (χ3v) is 2.27. The summed E-state index contributed by atoms with van der Waals surface area (Å²) in [5.41, 5.74) is 0. The molecule has 0 spiro atoms. The minimum Gasteiger partial charge on any atom is -0.272 e. The third kappa shape index (κ3) is 1.49. The van der Waals surface area contributed by atoms with Crippen molar-refractivity contribution in [1.29, 1.82) is 0 Å². The summed E-state index contributed by atoms with van der Waals surface area (Å²) in [5, 5.41) is 2.33. The first kappa shape index (κ1) is 8.45. The molecule has 0 saturated carbocycles. The Morgan fingerprint density at radius 2 is 2.23 bits per heavy atom. The zero-order chi connectivity index (χ0) is 9.42. The van der Waals surface area contributed by atoms with Crippen LogP contribution in [0.5, 0.6) is 0 Å². The minimum absolute atomic E-state index is 0.0881. The van der Waals surface area contributed by atoms with Gasteiger partial charge in [0, 0.05) is 5.02 Å². The zero-order valence-electron chi connectivity index (χ0n) is 7.12. The van der Waals surface area contributed by atoms with E-state index in [4.69, 9.17) is 11.6 Å². The van der Waals surface area contributed by atoms with E-state index in [9.17, 15) is 4.79 Å². The van der Waals surface area contributed by atoms with E-state index in [2.05, 4.69) is 4.99 Å². The molecule has 0 radical (unpaired) electrons. The highest BCUT2D eigenvalue weighted by Gasteiger charge is 2.11. The Kier molecular flexibility index (Phi) is 1.93. The van der Waals surface area contributed by atoms with Crippen molar-refractivity contribution >= 4 is 23.6 Å². The lowest BCUT2D eigenvalue weighted by atomic mass is 10.1. The molecule has 1 aliphatic heterocycles. The Hall–Kier alpha value is -1.15. The van der Waals surface area contributed by atoms with Crippen LogP contribution in [0.2, 0.25) is 5.02 Å².